The van der Waals surface area contributed by atoms with Gasteiger partial charge in [-0.3, -0.25) is 9.36 Å². The topological polar surface area (TPSA) is 100 Å². The molecule has 1 aliphatic carbocycles. The average Bonchev–Trinajstić information content (AvgIpc) is 3.23. The second-order valence-corrected chi connectivity index (χ2v) is 11.3. The van der Waals surface area contributed by atoms with Gasteiger partial charge in [0.15, 0.2) is 0 Å². The number of likely N-dealkylation sites (N-methyl/N-ethyl adjacent to an activating group) is 2. The molecule has 2 heterocycles. The van der Waals surface area contributed by atoms with E-state index in [1.807, 2.05) is 59.3 Å². The van der Waals surface area contributed by atoms with Gasteiger partial charge in [-0.05, 0) is 63.7 Å². The van der Waals surface area contributed by atoms with Crippen LogP contribution in [0.15, 0.2) is 77.0 Å². The number of allylic oxidation sites excluding steroid dienone is 1. The highest BCUT2D eigenvalue weighted by atomic mass is 16.2. The number of nitrogens with one attached hydrogen (secondary N) is 2. The first kappa shape index (κ1) is 29.8. The molecule has 1 aliphatic rings. The number of amides is 1. The number of benzene rings is 1. The number of fused-ring (bicyclic) bond motifs is 1. The summed E-state index contributed by atoms with van der Waals surface area (Å²) < 4.78 is 3.41. The van der Waals surface area contributed by atoms with Crippen molar-refractivity contribution in [1.29, 1.82) is 0 Å². The maximum atomic E-state index is 13.5. The summed E-state index contributed by atoms with van der Waals surface area (Å²) in [7, 11) is 6.13. The van der Waals surface area contributed by atoms with Gasteiger partial charge >= 0.3 is 5.69 Å². The van der Waals surface area contributed by atoms with Gasteiger partial charge in [-0.1, -0.05) is 32.6 Å². The lowest BCUT2D eigenvalue weighted by atomic mass is 9.87. The van der Waals surface area contributed by atoms with Gasteiger partial charge in [0.25, 0.3) is 0 Å². The molecule has 4 rings (SSSR count). The third-order valence-corrected chi connectivity index (χ3v) is 7.31. The second kappa shape index (κ2) is 12.6. The van der Waals surface area contributed by atoms with Crippen LogP contribution in [0.25, 0.3) is 16.9 Å². The minimum absolute atomic E-state index is 0.00454. The summed E-state index contributed by atoms with van der Waals surface area (Å²) in [6.45, 7) is 13.6. The molecule has 0 saturated heterocycles. The van der Waals surface area contributed by atoms with Crippen LogP contribution in [0.1, 0.15) is 40.2 Å². The zero-order valence-corrected chi connectivity index (χ0v) is 25.2. The molecular formula is C31H42N8O2. The third kappa shape index (κ3) is 6.43. The Labute approximate surface area is 242 Å². The minimum Gasteiger partial charge on any atom is -0.372 e. The zero-order valence-electron chi connectivity index (χ0n) is 25.2. The van der Waals surface area contributed by atoms with Crippen LogP contribution in [0.3, 0.4) is 0 Å². The number of carbonyl (C=O) groups is 1. The maximum absolute atomic E-state index is 13.5. The Bertz CT molecular complexity index is 1540. The van der Waals surface area contributed by atoms with Crippen LogP contribution in [0, 0.1) is 5.92 Å². The molecule has 1 amide bonds. The number of anilines is 1. The SMILES string of the molecule is C=CC(=O)NC1=C(N(C)CCN(C)C)C=C(C(C)C)C(Nc2nccc(-n3c(=O)n(C(C)C)c4ccccc43)n2)C1. The molecular weight excluding hydrogens is 516 g/mol. The van der Waals surface area contributed by atoms with Crippen molar-refractivity contribution in [3.8, 4) is 5.82 Å². The van der Waals surface area contributed by atoms with Gasteiger partial charge in [0.2, 0.25) is 11.9 Å². The fourth-order valence-electron chi connectivity index (χ4n) is 5.19. The number of hydrogen-bond donors (Lipinski definition) is 2. The lowest BCUT2D eigenvalue weighted by molar-refractivity contribution is -0.115. The molecule has 1 unspecified atom stereocenters. The summed E-state index contributed by atoms with van der Waals surface area (Å²) in [6, 6.07) is 9.32. The molecule has 1 aromatic carbocycles. The molecule has 0 radical (unpaired) electrons. The van der Waals surface area contributed by atoms with Crippen LogP contribution in [-0.4, -0.2) is 75.1 Å². The minimum atomic E-state index is -0.252. The Hall–Kier alpha value is -4.18. The quantitative estimate of drug-likeness (QED) is 0.344. The summed E-state index contributed by atoms with van der Waals surface area (Å²) in [5.41, 5.74) is 4.47. The fraction of sp³-hybridized carbons (Fsp3) is 0.419. The number of rotatable bonds is 11. The first-order valence-corrected chi connectivity index (χ1v) is 14.1. The van der Waals surface area contributed by atoms with Crippen molar-refractivity contribution in [3.63, 3.8) is 0 Å². The molecule has 0 saturated carbocycles. The van der Waals surface area contributed by atoms with Crippen LogP contribution >= 0.6 is 0 Å². The number of aromatic nitrogens is 4. The van der Waals surface area contributed by atoms with E-state index in [0.29, 0.717) is 18.2 Å². The molecule has 218 valence electrons. The molecule has 2 aromatic heterocycles. The summed E-state index contributed by atoms with van der Waals surface area (Å²) in [5, 5.41) is 6.53. The van der Waals surface area contributed by atoms with E-state index < -0.39 is 0 Å². The van der Waals surface area contributed by atoms with Crippen molar-refractivity contribution in [2.45, 2.75) is 46.2 Å². The first-order valence-electron chi connectivity index (χ1n) is 14.1. The van der Waals surface area contributed by atoms with Crippen molar-refractivity contribution in [2.24, 2.45) is 5.92 Å². The Kier molecular flexibility index (Phi) is 9.12. The van der Waals surface area contributed by atoms with Crippen molar-refractivity contribution in [1.82, 2.24) is 34.2 Å². The van der Waals surface area contributed by atoms with E-state index in [-0.39, 0.29) is 29.6 Å². The van der Waals surface area contributed by atoms with E-state index in [2.05, 4.69) is 51.9 Å². The standard InChI is InChI=1S/C31H42N8O2/c1-9-29(40)33-24-19-23(22(20(2)3)18-27(24)37(8)17-16-36(6)7)34-30-32-15-14-28(35-30)39-26-13-11-10-12-25(26)38(21(4)5)31(39)41/h9-15,18,20-21,23H,1,16-17,19H2,2-8H3,(H,33,40)(H,32,34,35). The highest BCUT2D eigenvalue weighted by Gasteiger charge is 2.28. The molecule has 1 atom stereocenters. The predicted molar refractivity (Wildman–Crippen MR) is 165 cm³/mol. The van der Waals surface area contributed by atoms with E-state index in [0.717, 1.165) is 35.5 Å². The van der Waals surface area contributed by atoms with Crippen LogP contribution < -0.4 is 16.3 Å². The van der Waals surface area contributed by atoms with Crippen molar-refractivity contribution in [2.75, 3.05) is 39.5 Å². The predicted octanol–water partition coefficient (Wildman–Crippen LogP) is 3.94. The highest BCUT2D eigenvalue weighted by Crippen LogP contribution is 2.31. The normalized spacial score (nSPS) is 15.6. The summed E-state index contributed by atoms with van der Waals surface area (Å²) in [6.07, 6.45) is 5.64. The van der Waals surface area contributed by atoms with E-state index in [1.165, 1.54) is 11.6 Å². The highest BCUT2D eigenvalue weighted by molar-refractivity contribution is 5.88. The molecule has 10 heteroatoms. The van der Waals surface area contributed by atoms with E-state index in [9.17, 15) is 9.59 Å². The number of carbonyl (C=O) groups excluding carboxylic acids is 1. The zero-order chi connectivity index (χ0) is 29.8. The van der Waals surface area contributed by atoms with Gasteiger partial charge in [-0.15, -0.1) is 0 Å². The Morgan fingerprint density at radius 2 is 1.83 bits per heavy atom. The summed E-state index contributed by atoms with van der Waals surface area (Å²) >= 11 is 0. The molecule has 0 fully saturated rings. The van der Waals surface area contributed by atoms with Crippen molar-refractivity contribution in [3.05, 3.63) is 82.7 Å². The number of nitrogens with zero attached hydrogens (tertiary/aromatic N) is 6. The molecule has 0 spiro atoms. The Morgan fingerprint density at radius 1 is 1.12 bits per heavy atom. The lowest BCUT2D eigenvalue weighted by Crippen LogP contribution is -2.38. The first-order chi connectivity index (χ1) is 19.5. The van der Waals surface area contributed by atoms with Gasteiger partial charge in [0.05, 0.1) is 22.8 Å². The molecule has 2 N–H and O–H groups in total. The molecule has 41 heavy (non-hydrogen) atoms. The van der Waals surface area contributed by atoms with E-state index in [1.54, 1.807) is 21.4 Å². The van der Waals surface area contributed by atoms with Gasteiger partial charge in [-0.25, -0.2) is 14.3 Å². The number of imidazole rings is 1. The van der Waals surface area contributed by atoms with Gasteiger partial charge < -0.3 is 20.4 Å². The smallest absolute Gasteiger partial charge is 0.335 e. The fourth-order valence-corrected chi connectivity index (χ4v) is 5.19. The monoisotopic (exact) mass is 558 g/mol. The van der Waals surface area contributed by atoms with Crippen molar-refractivity contribution >= 4 is 22.9 Å². The van der Waals surface area contributed by atoms with Crippen molar-refractivity contribution < 1.29 is 4.79 Å². The van der Waals surface area contributed by atoms with Gasteiger partial charge in [0, 0.05) is 50.6 Å². The molecule has 0 bridgehead atoms. The number of hydrogen-bond acceptors (Lipinski definition) is 7. The van der Waals surface area contributed by atoms with E-state index in [4.69, 9.17) is 4.98 Å². The summed E-state index contributed by atoms with van der Waals surface area (Å²) in [4.78, 5) is 39.5. The van der Waals surface area contributed by atoms with Gasteiger partial charge in [-0.2, -0.15) is 4.98 Å². The summed E-state index contributed by atoms with van der Waals surface area (Å²) in [5.74, 6) is 0.883. The second-order valence-electron chi connectivity index (χ2n) is 11.3. The number of para-hydroxylation sites is 2. The Morgan fingerprint density at radius 3 is 2.46 bits per heavy atom. The maximum Gasteiger partial charge on any atom is 0.335 e. The van der Waals surface area contributed by atoms with Crippen LogP contribution in [-0.2, 0) is 4.79 Å². The average molecular weight is 559 g/mol. The largest absolute Gasteiger partial charge is 0.372 e. The van der Waals surface area contributed by atoms with E-state index >= 15 is 0 Å². The third-order valence-electron chi connectivity index (χ3n) is 7.31. The van der Waals surface area contributed by atoms with Gasteiger partial charge in [0.1, 0.15) is 5.82 Å². The molecule has 0 aliphatic heterocycles. The molecule has 10 nitrogen and oxygen atoms in total. The lowest BCUT2D eigenvalue weighted by Gasteiger charge is -2.34. The van der Waals surface area contributed by atoms with Crippen LogP contribution in [0.2, 0.25) is 0 Å². The van der Waals surface area contributed by atoms with Crippen LogP contribution in [0.4, 0.5) is 5.95 Å². The molecule has 3 aromatic rings. The Balaban J connectivity index is 1.71. The van der Waals surface area contributed by atoms with Crippen LogP contribution in [0.5, 0.6) is 0 Å².